The van der Waals surface area contributed by atoms with Crippen molar-refractivity contribution in [2.45, 2.75) is 13.8 Å². The molecule has 0 fully saturated rings. The first kappa shape index (κ1) is 17.8. The molecule has 1 aromatic carbocycles. The molecule has 0 aliphatic rings. The van der Waals surface area contributed by atoms with Gasteiger partial charge in [0.1, 0.15) is 12.4 Å². The summed E-state index contributed by atoms with van der Waals surface area (Å²) in [7, 11) is 1.58. The maximum absolute atomic E-state index is 12.2. The van der Waals surface area contributed by atoms with Crippen LogP contribution in [0.1, 0.15) is 24.2 Å². The van der Waals surface area contributed by atoms with Crippen LogP contribution in [0.4, 0.5) is 0 Å². The Kier molecular flexibility index (Phi) is 7.25. The molecule has 0 saturated carbocycles. The second kappa shape index (κ2) is 8.94. The number of ketones is 2. The lowest BCUT2D eigenvalue weighted by Gasteiger charge is -2.10. The summed E-state index contributed by atoms with van der Waals surface area (Å²) >= 11 is 0. The molecule has 0 aliphatic carbocycles. The van der Waals surface area contributed by atoms with Crippen molar-refractivity contribution in [1.29, 1.82) is 0 Å². The van der Waals surface area contributed by atoms with Crippen LogP contribution < -0.4 is 4.74 Å². The normalized spacial score (nSPS) is 11.6. The van der Waals surface area contributed by atoms with Gasteiger partial charge in [-0.1, -0.05) is 0 Å². The average Bonchev–Trinajstić information content (AvgIpc) is 2.54. The first-order chi connectivity index (χ1) is 10.5. The minimum Gasteiger partial charge on any atom is -0.491 e. The van der Waals surface area contributed by atoms with Crippen molar-refractivity contribution in [3.63, 3.8) is 0 Å². The molecule has 1 atom stereocenters. The maximum Gasteiger partial charge on any atom is 0.375 e. The number of benzene rings is 1. The van der Waals surface area contributed by atoms with Gasteiger partial charge < -0.3 is 14.2 Å². The monoisotopic (exact) mass is 308 g/mol. The lowest BCUT2D eigenvalue weighted by Crippen LogP contribution is -2.29. The highest BCUT2D eigenvalue weighted by molar-refractivity contribution is 6.39. The predicted molar refractivity (Wildman–Crippen MR) is 78.9 cm³/mol. The number of hydrogen-bond donors (Lipinski definition) is 0. The first-order valence-electron chi connectivity index (χ1n) is 6.98. The highest BCUT2D eigenvalue weighted by Crippen LogP contribution is 2.16. The number of methoxy groups -OCH3 is 1. The van der Waals surface area contributed by atoms with E-state index in [9.17, 15) is 14.4 Å². The SMILES string of the molecule is CCOC(=O)C(=O)C(C)C(=O)c1ccc(OCCOC)cc1. The third-order valence-corrected chi connectivity index (χ3v) is 2.96. The third-order valence-electron chi connectivity index (χ3n) is 2.96. The highest BCUT2D eigenvalue weighted by Gasteiger charge is 2.29. The largest absolute Gasteiger partial charge is 0.491 e. The smallest absolute Gasteiger partial charge is 0.375 e. The highest BCUT2D eigenvalue weighted by atomic mass is 16.5. The summed E-state index contributed by atoms with van der Waals surface area (Å²) in [6.45, 7) is 3.96. The summed E-state index contributed by atoms with van der Waals surface area (Å²) < 4.78 is 14.9. The maximum atomic E-state index is 12.2. The van der Waals surface area contributed by atoms with Gasteiger partial charge in [-0.05, 0) is 38.1 Å². The Bertz CT molecular complexity index is 520. The fourth-order valence-corrected chi connectivity index (χ4v) is 1.71. The molecule has 1 unspecified atom stereocenters. The molecular formula is C16H20O6. The molecule has 0 N–H and O–H groups in total. The van der Waals surface area contributed by atoms with Crippen molar-refractivity contribution in [2.24, 2.45) is 5.92 Å². The van der Waals surface area contributed by atoms with E-state index in [1.807, 2.05) is 0 Å². The van der Waals surface area contributed by atoms with Crippen molar-refractivity contribution >= 4 is 17.5 Å². The Hall–Kier alpha value is -2.21. The second-order valence-corrected chi connectivity index (χ2v) is 4.54. The van der Waals surface area contributed by atoms with E-state index >= 15 is 0 Å². The molecule has 0 saturated heterocycles. The van der Waals surface area contributed by atoms with E-state index in [1.165, 1.54) is 6.92 Å². The van der Waals surface area contributed by atoms with Crippen LogP contribution in [0, 0.1) is 5.92 Å². The topological polar surface area (TPSA) is 78.9 Å². The van der Waals surface area contributed by atoms with E-state index in [2.05, 4.69) is 4.74 Å². The number of carbonyl (C=O) groups is 3. The van der Waals surface area contributed by atoms with Gasteiger partial charge in [-0.15, -0.1) is 0 Å². The van der Waals surface area contributed by atoms with Crippen molar-refractivity contribution in [1.82, 2.24) is 0 Å². The molecular weight excluding hydrogens is 288 g/mol. The van der Waals surface area contributed by atoms with E-state index in [4.69, 9.17) is 9.47 Å². The Morgan fingerprint density at radius 3 is 2.27 bits per heavy atom. The Labute approximate surface area is 129 Å². The zero-order valence-corrected chi connectivity index (χ0v) is 13.0. The first-order valence-corrected chi connectivity index (χ1v) is 6.98. The summed E-state index contributed by atoms with van der Waals surface area (Å²) in [5.74, 6) is -2.73. The van der Waals surface area contributed by atoms with E-state index in [-0.39, 0.29) is 6.61 Å². The molecule has 0 aliphatic heterocycles. The van der Waals surface area contributed by atoms with Gasteiger partial charge in [0.15, 0.2) is 5.78 Å². The third kappa shape index (κ3) is 4.96. The van der Waals surface area contributed by atoms with Gasteiger partial charge in [-0.2, -0.15) is 0 Å². The minimum atomic E-state index is -1.07. The van der Waals surface area contributed by atoms with Gasteiger partial charge >= 0.3 is 5.97 Å². The van der Waals surface area contributed by atoms with Crippen LogP contribution >= 0.6 is 0 Å². The van der Waals surface area contributed by atoms with Crippen molar-refractivity contribution in [3.8, 4) is 5.75 Å². The van der Waals surface area contributed by atoms with Crippen molar-refractivity contribution in [2.75, 3.05) is 26.9 Å². The summed E-state index contributed by atoms with van der Waals surface area (Å²) in [6, 6.07) is 6.37. The summed E-state index contributed by atoms with van der Waals surface area (Å²) in [4.78, 5) is 35.3. The van der Waals surface area contributed by atoms with Crippen molar-refractivity contribution in [3.05, 3.63) is 29.8 Å². The van der Waals surface area contributed by atoms with Crippen LogP contribution in [0.2, 0.25) is 0 Å². The van der Waals surface area contributed by atoms with Crippen LogP contribution in [0.3, 0.4) is 0 Å². The Morgan fingerprint density at radius 2 is 1.73 bits per heavy atom. The number of carbonyl (C=O) groups excluding carboxylic acids is 3. The summed E-state index contributed by atoms with van der Waals surface area (Å²) in [5.41, 5.74) is 0.337. The molecule has 120 valence electrons. The van der Waals surface area contributed by atoms with Crippen LogP contribution in [0.25, 0.3) is 0 Å². The number of Topliss-reactive ketones (excluding diaryl/α,β-unsaturated/α-hetero) is 2. The van der Waals surface area contributed by atoms with E-state index in [1.54, 1.807) is 38.3 Å². The molecule has 1 aromatic rings. The van der Waals surface area contributed by atoms with E-state index in [0.717, 1.165) is 0 Å². The summed E-state index contributed by atoms with van der Waals surface area (Å²) in [5, 5.41) is 0. The lowest BCUT2D eigenvalue weighted by molar-refractivity contribution is -0.154. The fraction of sp³-hybridized carbons (Fsp3) is 0.438. The quantitative estimate of drug-likeness (QED) is 0.227. The molecule has 6 heteroatoms. The van der Waals surface area contributed by atoms with Crippen LogP contribution in [-0.2, 0) is 19.1 Å². The van der Waals surface area contributed by atoms with Gasteiger partial charge in [-0.25, -0.2) is 4.79 Å². The van der Waals surface area contributed by atoms with Crippen LogP contribution in [0.5, 0.6) is 5.75 Å². The summed E-state index contributed by atoms with van der Waals surface area (Å²) in [6.07, 6.45) is 0. The zero-order chi connectivity index (χ0) is 16.5. The molecule has 1 rings (SSSR count). The lowest BCUT2D eigenvalue weighted by atomic mass is 9.95. The number of rotatable bonds is 9. The fourth-order valence-electron chi connectivity index (χ4n) is 1.71. The number of hydrogen-bond acceptors (Lipinski definition) is 6. The molecule has 0 radical (unpaired) electrons. The molecule has 22 heavy (non-hydrogen) atoms. The average molecular weight is 308 g/mol. The molecule has 0 aromatic heterocycles. The van der Waals surface area contributed by atoms with Gasteiger partial charge in [-0.3, -0.25) is 9.59 Å². The second-order valence-electron chi connectivity index (χ2n) is 4.54. The van der Waals surface area contributed by atoms with Gasteiger partial charge in [0.05, 0.1) is 19.1 Å². The predicted octanol–water partition coefficient (Wildman–Crippen LogP) is 1.66. The number of ether oxygens (including phenoxy) is 3. The molecule has 0 heterocycles. The minimum absolute atomic E-state index is 0.0962. The Morgan fingerprint density at radius 1 is 1.09 bits per heavy atom. The molecule has 6 nitrogen and oxygen atoms in total. The standard InChI is InChI=1S/C16H20O6/c1-4-21-16(19)15(18)11(2)14(17)12-5-7-13(8-6-12)22-10-9-20-3/h5-8,11H,4,9-10H2,1-3H3. The van der Waals surface area contributed by atoms with Gasteiger partial charge in [0.2, 0.25) is 0 Å². The van der Waals surface area contributed by atoms with E-state index in [0.29, 0.717) is 24.5 Å². The van der Waals surface area contributed by atoms with E-state index < -0.39 is 23.5 Å². The van der Waals surface area contributed by atoms with Crippen LogP contribution in [-0.4, -0.2) is 44.5 Å². The molecule has 0 spiro atoms. The molecule has 0 amide bonds. The van der Waals surface area contributed by atoms with Crippen LogP contribution in [0.15, 0.2) is 24.3 Å². The zero-order valence-electron chi connectivity index (χ0n) is 13.0. The van der Waals surface area contributed by atoms with Gasteiger partial charge in [0.25, 0.3) is 5.78 Å². The van der Waals surface area contributed by atoms with Gasteiger partial charge in [0, 0.05) is 12.7 Å². The van der Waals surface area contributed by atoms with Crippen molar-refractivity contribution < 1.29 is 28.6 Å². The molecule has 0 bridgehead atoms. The number of esters is 1. The Balaban J connectivity index is 2.68.